The number of thiol groups is 1. The highest BCUT2D eigenvalue weighted by atomic mass is 32.7. The SMILES string of the molecule is Cc1nc2c(ncn2[C@@H]2O[C@@H]3COP(O)(=S)OCCn4c(nc5c(N)ncnc54)COP(=O)(S)O[C@@H]2[C@@H]3F)c(=O)[nH]1. The second-order valence-corrected chi connectivity index (χ2v) is 14.7. The molecular weight excluding hydrogens is 627 g/mol. The van der Waals surface area contributed by atoms with Crippen LogP contribution in [0.15, 0.2) is 17.4 Å². The van der Waals surface area contributed by atoms with Gasteiger partial charge in [-0.1, -0.05) is 12.2 Å². The monoisotopic (exact) mass is 649 g/mol. The molecule has 4 aromatic heterocycles. The van der Waals surface area contributed by atoms with E-state index in [0.717, 1.165) is 0 Å². The van der Waals surface area contributed by atoms with Crippen molar-refractivity contribution >= 4 is 65.7 Å². The molecule has 0 aromatic carbocycles. The second-order valence-electron chi connectivity index (χ2n) is 9.01. The summed E-state index contributed by atoms with van der Waals surface area (Å²) in [5.74, 6) is 0.531. The van der Waals surface area contributed by atoms with Crippen molar-refractivity contribution in [2.24, 2.45) is 0 Å². The minimum absolute atomic E-state index is 0.0407. The number of halogens is 1. The highest BCUT2D eigenvalue weighted by Gasteiger charge is 2.51. The lowest BCUT2D eigenvalue weighted by Gasteiger charge is -2.24. The van der Waals surface area contributed by atoms with Crippen LogP contribution in [-0.2, 0) is 52.4 Å². The van der Waals surface area contributed by atoms with Crippen LogP contribution in [0.5, 0.6) is 0 Å². The van der Waals surface area contributed by atoms with E-state index in [0.29, 0.717) is 5.65 Å². The van der Waals surface area contributed by atoms with Crippen LogP contribution < -0.4 is 11.3 Å². The van der Waals surface area contributed by atoms with E-state index in [9.17, 15) is 14.3 Å². The molecule has 1 fully saturated rings. The van der Waals surface area contributed by atoms with E-state index in [1.54, 1.807) is 6.92 Å². The number of imidazole rings is 2. The first kappa shape index (κ1) is 28.7. The summed E-state index contributed by atoms with van der Waals surface area (Å²) in [4.78, 5) is 46.3. The summed E-state index contributed by atoms with van der Waals surface area (Å²) in [6, 6.07) is 0. The van der Waals surface area contributed by atoms with E-state index >= 15 is 4.39 Å². The van der Waals surface area contributed by atoms with E-state index in [-0.39, 0.29) is 47.3 Å². The quantitative estimate of drug-likeness (QED) is 0.169. The normalized spacial score (nSPS) is 31.6. The summed E-state index contributed by atoms with van der Waals surface area (Å²) in [6.45, 7) is -7.73. The van der Waals surface area contributed by atoms with Gasteiger partial charge in [0.25, 0.3) is 5.56 Å². The number of aryl methyl sites for hydroxylation is 1. The van der Waals surface area contributed by atoms with E-state index in [2.05, 4.69) is 42.2 Å². The summed E-state index contributed by atoms with van der Waals surface area (Å²) in [7, 11) is 0. The highest BCUT2D eigenvalue weighted by molar-refractivity contribution is 8.44. The van der Waals surface area contributed by atoms with Crippen LogP contribution in [0.3, 0.4) is 0 Å². The van der Waals surface area contributed by atoms with Crippen LogP contribution in [0.4, 0.5) is 10.2 Å². The maximum absolute atomic E-state index is 15.8. The number of fused-ring (bicyclic) bond motifs is 6. The van der Waals surface area contributed by atoms with E-state index in [1.165, 1.54) is 21.8 Å². The highest BCUT2D eigenvalue weighted by Crippen LogP contribution is 2.58. The zero-order valence-corrected chi connectivity index (χ0v) is 24.4. The third kappa shape index (κ3) is 5.56. The van der Waals surface area contributed by atoms with Gasteiger partial charge in [-0.2, -0.15) is 0 Å². The average Bonchev–Trinajstić information content (AvgIpc) is 3.56. The minimum atomic E-state index is -4.32. The molecule has 2 aliphatic heterocycles. The summed E-state index contributed by atoms with van der Waals surface area (Å²) < 4.78 is 59.8. The molecule has 4 N–H and O–H groups in total. The van der Waals surface area contributed by atoms with Crippen LogP contribution in [0.2, 0.25) is 0 Å². The van der Waals surface area contributed by atoms with Gasteiger partial charge in [0, 0.05) is 6.54 Å². The Labute approximate surface area is 239 Å². The number of nitrogens with two attached hydrogens (primary N) is 1. The first-order chi connectivity index (χ1) is 19.4. The Kier molecular flexibility index (Phi) is 7.51. The zero-order chi connectivity index (χ0) is 29.1. The lowest BCUT2D eigenvalue weighted by Crippen LogP contribution is -2.32. The van der Waals surface area contributed by atoms with Gasteiger partial charge >= 0.3 is 13.5 Å². The van der Waals surface area contributed by atoms with Crippen LogP contribution >= 0.6 is 25.8 Å². The van der Waals surface area contributed by atoms with Gasteiger partial charge in [0.1, 0.15) is 36.8 Å². The van der Waals surface area contributed by atoms with Crippen molar-refractivity contribution in [3.8, 4) is 0 Å². The summed E-state index contributed by atoms with van der Waals surface area (Å²) in [5, 5.41) is 0. The predicted molar refractivity (Wildman–Crippen MR) is 146 cm³/mol. The Hall–Kier alpha value is -2.38. The molecule has 0 aliphatic carbocycles. The van der Waals surface area contributed by atoms with Crippen molar-refractivity contribution < 1.29 is 36.7 Å². The summed E-state index contributed by atoms with van der Waals surface area (Å²) in [6.07, 6.45) is -3.90. The molecule has 2 aliphatic rings. The molecule has 220 valence electrons. The number of hydrogen-bond acceptors (Lipinski definition) is 14. The number of nitrogens with zero attached hydrogens (tertiary/aromatic N) is 7. The zero-order valence-electron chi connectivity index (χ0n) is 20.9. The number of nitrogens with one attached hydrogen (secondary N) is 1. The van der Waals surface area contributed by atoms with Gasteiger partial charge in [0.2, 0.25) is 0 Å². The summed E-state index contributed by atoms with van der Waals surface area (Å²) >= 11 is 9.16. The fraction of sp³-hybridized carbons (Fsp3) is 0.474. The average molecular weight is 650 g/mol. The third-order valence-corrected chi connectivity index (χ3v) is 9.52. The van der Waals surface area contributed by atoms with E-state index in [1.807, 2.05) is 0 Å². The van der Waals surface area contributed by atoms with E-state index < -0.39 is 56.9 Å². The maximum atomic E-state index is 15.8. The Morgan fingerprint density at radius 2 is 2.02 bits per heavy atom. The van der Waals surface area contributed by atoms with Gasteiger partial charge in [-0.15, -0.1) is 0 Å². The second kappa shape index (κ2) is 10.7. The van der Waals surface area contributed by atoms with Gasteiger partial charge in [-0.3, -0.25) is 18.4 Å². The Bertz CT molecular complexity index is 1800. The van der Waals surface area contributed by atoms with Crippen molar-refractivity contribution in [2.45, 2.75) is 44.7 Å². The molecule has 41 heavy (non-hydrogen) atoms. The number of nitrogen functional groups attached to an aromatic ring is 1. The Morgan fingerprint density at radius 3 is 2.83 bits per heavy atom. The number of H-pyrrole nitrogens is 1. The van der Waals surface area contributed by atoms with Gasteiger partial charge in [-0.05, 0) is 18.7 Å². The van der Waals surface area contributed by atoms with Crippen molar-refractivity contribution in [3.05, 3.63) is 34.7 Å². The van der Waals surface area contributed by atoms with Gasteiger partial charge < -0.3 is 34.0 Å². The van der Waals surface area contributed by atoms with Crippen LogP contribution in [0, 0.1) is 6.92 Å². The van der Waals surface area contributed by atoms with Crippen LogP contribution in [0.25, 0.3) is 22.3 Å². The number of aromatic nitrogens is 8. The molecule has 0 amide bonds. The first-order valence-electron chi connectivity index (χ1n) is 11.9. The molecule has 6 heterocycles. The molecular formula is C19H22FN9O8P2S2. The van der Waals surface area contributed by atoms with Crippen molar-refractivity contribution in [2.75, 3.05) is 18.9 Å². The number of hydrogen-bond donors (Lipinski definition) is 4. The van der Waals surface area contributed by atoms with Crippen molar-refractivity contribution in [1.82, 2.24) is 39.0 Å². The van der Waals surface area contributed by atoms with E-state index in [4.69, 9.17) is 40.4 Å². The molecule has 4 aromatic rings. The molecule has 0 saturated carbocycles. The van der Waals surface area contributed by atoms with Crippen molar-refractivity contribution in [3.63, 3.8) is 0 Å². The standard InChI is InChI=1S/C19H22FN9O8P2S2/c1-8-25-17-13(18(30)26-8)24-7-29(17)19-14-11(20)9(36-19)4-34-38(31,40)33-3-2-28-10(5-35-39(32,41)37-14)27-12-15(21)22-6-23-16(12)28/h6-7,9,11,14,19H,2-5H2,1H3,(H,31,40)(H,32,41)(H2,21,22,23)(H,25,26,30)/t9-,11-,14-,19-,38?,39?/m1/s1. The maximum Gasteiger partial charge on any atom is 0.387 e. The fourth-order valence-corrected chi connectivity index (χ4v) is 7.00. The topological polar surface area (TPSA) is 217 Å². The number of ether oxygens (including phenoxy) is 1. The van der Waals surface area contributed by atoms with Crippen LogP contribution in [0.1, 0.15) is 17.9 Å². The smallest absolute Gasteiger partial charge is 0.382 e. The number of rotatable bonds is 1. The molecule has 0 spiro atoms. The largest absolute Gasteiger partial charge is 0.387 e. The number of anilines is 1. The first-order valence-corrected chi connectivity index (χ1v) is 17.2. The van der Waals surface area contributed by atoms with Gasteiger partial charge in [0.15, 0.2) is 40.5 Å². The lowest BCUT2D eigenvalue weighted by atomic mass is 10.1. The van der Waals surface area contributed by atoms with Crippen LogP contribution in [-0.4, -0.2) is 75.5 Å². The molecule has 1 saturated heterocycles. The lowest BCUT2D eigenvalue weighted by molar-refractivity contribution is -0.0453. The number of alkyl halides is 1. The van der Waals surface area contributed by atoms with Crippen molar-refractivity contribution in [1.29, 1.82) is 0 Å². The Morgan fingerprint density at radius 1 is 1.22 bits per heavy atom. The molecule has 2 bridgehead atoms. The predicted octanol–water partition coefficient (Wildman–Crippen LogP) is 1.29. The van der Waals surface area contributed by atoms with Gasteiger partial charge in [0.05, 0.1) is 19.5 Å². The third-order valence-electron chi connectivity index (χ3n) is 6.31. The van der Waals surface area contributed by atoms with Gasteiger partial charge in [-0.25, -0.2) is 33.9 Å². The minimum Gasteiger partial charge on any atom is -0.382 e. The molecule has 0 radical (unpaired) electrons. The molecule has 2 unspecified atom stereocenters. The molecule has 6 atom stereocenters. The fourth-order valence-electron chi connectivity index (χ4n) is 4.51. The number of aromatic amines is 1. The Balaban J connectivity index is 1.39. The molecule has 22 heteroatoms. The molecule has 17 nitrogen and oxygen atoms in total. The summed E-state index contributed by atoms with van der Waals surface area (Å²) in [5.41, 5.74) is 5.98. The molecule has 6 rings (SSSR count).